The van der Waals surface area contributed by atoms with Crippen molar-refractivity contribution in [1.29, 1.82) is 0 Å². The molecule has 0 aromatic heterocycles. The molecule has 1 rings (SSSR count). The summed E-state index contributed by atoms with van der Waals surface area (Å²) in [5.41, 5.74) is 1.43. The van der Waals surface area contributed by atoms with Gasteiger partial charge in [0.25, 0.3) is 0 Å². The summed E-state index contributed by atoms with van der Waals surface area (Å²) in [7, 11) is 1.51. The minimum Gasteiger partial charge on any atom is -0.478 e. The van der Waals surface area contributed by atoms with Crippen LogP contribution < -0.4 is 4.74 Å². The predicted molar refractivity (Wildman–Crippen MR) is 80.1 cm³/mol. The fraction of sp³-hybridized carbons (Fsp3) is 0.312. The van der Waals surface area contributed by atoms with Crippen molar-refractivity contribution in [2.45, 2.75) is 18.9 Å². The molecule has 1 aromatic carbocycles. The fourth-order valence-electron chi connectivity index (χ4n) is 1.89. The standard InChI is InChI=1S/C16H20O5/c1-3-5-13(17)10-14-12(8-9-16(18)19)6-4-7-15(14)21-11-20-2/h3-4,6-9,13,17H,1,5,10-11H2,2H3,(H,18,19)/b9-8+/t13-/m1/s1. The third-order valence-electron chi connectivity index (χ3n) is 2.79. The smallest absolute Gasteiger partial charge is 0.328 e. The lowest BCUT2D eigenvalue weighted by Gasteiger charge is -2.16. The van der Waals surface area contributed by atoms with E-state index in [1.54, 1.807) is 24.3 Å². The lowest BCUT2D eigenvalue weighted by molar-refractivity contribution is -0.131. The first-order valence-corrected chi connectivity index (χ1v) is 6.52. The van der Waals surface area contributed by atoms with Crippen molar-refractivity contribution in [3.63, 3.8) is 0 Å². The Bertz CT molecular complexity index is 507. The quantitative estimate of drug-likeness (QED) is 0.415. The van der Waals surface area contributed by atoms with Gasteiger partial charge < -0.3 is 19.7 Å². The molecule has 0 unspecified atom stereocenters. The Morgan fingerprint density at radius 2 is 2.24 bits per heavy atom. The van der Waals surface area contributed by atoms with E-state index < -0.39 is 12.1 Å². The maximum absolute atomic E-state index is 10.7. The minimum absolute atomic E-state index is 0.0800. The number of aliphatic hydroxyl groups is 1. The van der Waals surface area contributed by atoms with Crippen molar-refractivity contribution in [3.8, 4) is 5.75 Å². The Morgan fingerprint density at radius 3 is 2.86 bits per heavy atom. The van der Waals surface area contributed by atoms with Crippen LogP contribution in [0.4, 0.5) is 0 Å². The van der Waals surface area contributed by atoms with E-state index in [0.29, 0.717) is 24.2 Å². The third-order valence-corrected chi connectivity index (χ3v) is 2.79. The van der Waals surface area contributed by atoms with E-state index in [9.17, 15) is 9.90 Å². The van der Waals surface area contributed by atoms with E-state index in [0.717, 1.165) is 11.6 Å². The Labute approximate surface area is 124 Å². The van der Waals surface area contributed by atoms with E-state index in [-0.39, 0.29) is 6.79 Å². The molecule has 0 saturated carbocycles. The lowest BCUT2D eigenvalue weighted by atomic mass is 9.98. The van der Waals surface area contributed by atoms with E-state index >= 15 is 0 Å². The van der Waals surface area contributed by atoms with Gasteiger partial charge in [0.05, 0.1) is 6.10 Å². The molecule has 0 saturated heterocycles. The second kappa shape index (κ2) is 8.94. The van der Waals surface area contributed by atoms with Gasteiger partial charge in [-0.1, -0.05) is 18.2 Å². The topological polar surface area (TPSA) is 76.0 Å². The summed E-state index contributed by atoms with van der Waals surface area (Å²) in [6.07, 6.45) is 4.35. The Balaban J connectivity index is 3.09. The van der Waals surface area contributed by atoms with Crippen molar-refractivity contribution >= 4 is 12.0 Å². The summed E-state index contributed by atoms with van der Waals surface area (Å²) in [5.74, 6) is -0.469. The van der Waals surface area contributed by atoms with Gasteiger partial charge in [0.15, 0.2) is 6.79 Å². The van der Waals surface area contributed by atoms with Crippen molar-refractivity contribution in [3.05, 3.63) is 48.1 Å². The lowest BCUT2D eigenvalue weighted by Crippen LogP contribution is -2.12. The Hall–Kier alpha value is -2.11. The number of hydrogen-bond acceptors (Lipinski definition) is 4. The highest BCUT2D eigenvalue weighted by molar-refractivity contribution is 5.85. The van der Waals surface area contributed by atoms with Gasteiger partial charge in [0.1, 0.15) is 5.75 Å². The molecule has 0 amide bonds. The molecule has 0 radical (unpaired) electrons. The summed E-state index contributed by atoms with van der Waals surface area (Å²) in [6.45, 7) is 3.67. The van der Waals surface area contributed by atoms with Gasteiger partial charge in [-0.3, -0.25) is 0 Å². The first-order valence-electron chi connectivity index (χ1n) is 6.52. The zero-order chi connectivity index (χ0) is 15.7. The van der Waals surface area contributed by atoms with Crippen molar-refractivity contribution in [2.24, 2.45) is 0 Å². The highest BCUT2D eigenvalue weighted by Gasteiger charge is 2.13. The van der Waals surface area contributed by atoms with Gasteiger partial charge in [-0.2, -0.15) is 0 Å². The summed E-state index contributed by atoms with van der Waals surface area (Å²) in [4.78, 5) is 10.7. The average Bonchev–Trinajstić information content (AvgIpc) is 2.44. The summed E-state index contributed by atoms with van der Waals surface area (Å²) in [5, 5.41) is 18.7. The largest absolute Gasteiger partial charge is 0.478 e. The second-order valence-electron chi connectivity index (χ2n) is 4.43. The van der Waals surface area contributed by atoms with Gasteiger partial charge in [-0.25, -0.2) is 4.79 Å². The molecule has 5 nitrogen and oxygen atoms in total. The van der Waals surface area contributed by atoms with Crippen LogP contribution in [-0.4, -0.2) is 36.2 Å². The number of methoxy groups -OCH3 is 1. The number of carboxylic acids is 1. The van der Waals surface area contributed by atoms with E-state index in [2.05, 4.69) is 6.58 Å². The SMILES string of the molecule is C=CC[C@@H](O)Cc1c(/C=C/C(=O)O)cccc1OCOC. The number of ether oxygens (including phenoxy) is 2. The fourth-order valence-corrected chi connectivity index (χ4v) is 1.89. The molecule has 0 aliphatic carbocycles. The first-order chi connectivity index (χ1) is 10.1. The van der Waals surface area contributed by atoms with Crippen LogP contribution in [0.5, 0.6) is 5.75 Å². The zero-order valence-corrected chi connectivity index (χ0v) is 12.0. The predicted octanol–water partition coefficient (Wildman–Crippen LogP) is 2.25. The van der Waals surface area contributed by atoms with Crippen LogP contribution in [0.2, 0.25) is 0 Å². The maximum atomic E-state index is 10.7. The molecule has 0 heterocycles. The Morgan fingerprint density at radius 1 is 1.48 bits per heavy atom. The second-order valence-corrected chi connectivity index (χ2v) is 4.43. The zero-order valence-electron chi connectivity index (χ0n) is 12.0. The molecule has 0 spiro atoms. The summed E-state index contributed by atoms with van der Waals surface area (Å²) < 4.78 is 10.4. The molecule has 0 aliphatic rings. The van der Waals surface area contributed by atoms with Crippen LogP contribution in [-0.2, 0) is 16.0 Å². The van der Waals surface area contributed by atoms with Gasteiger partial charge in [-0.05, 0) is 24.1 Å². The van der Waals surface area contributed by atoms with Gasteiger partial charge in [0, 0.05) is 25.2 Å². The molecule has 5 heteroatoms. The van der Waals surface area contributed by atoms with Crippen molar-refractivity contribution in [2.75, 3.05) is 13.9 Å². The van der Waals surface area contributed by atoms with Crippen LogP contribution in [0.3, 0.4) is 0 Å². The number of hydrogen-bond donors (Lipinski definition) is 2. The third kappa shape index (κ3) is 5.81. The molecule has 2 N–H and O–H groups in total. The number of benzene rings is 1. The summed E-state index contributed by atoms with van der Waals surface area (Å²) >= 11 is 0. The first kappa shape index (κ1) is 16.9. The molecule has 1 aromatic rings. The Kier molecular flexibility index (Phi) is 7.21. The van der Waals surface area contributed by atoms with E-state index in [1.807, 2.05) is 0 Å². The molecule has 0 fully saturated rings. The molecular weight excluding hydrogens is 272 g/mol. The number of carbonyl (C=O) groups is 1. The number of aliphatic carboxylic acids is 1. The van der Waals surface area contributed by atoms with Gasteiger partial charge in [-0.15, -0.1) is 6.58 Å². The number of aliphatic hydroxyl groups excluding tert-OH is 1. The van der Waals surface area contributed by atoms with Crippen molar-refractivity contribution in [1.82, 2.24) is 0 Å². The minimum atomic E-state index is -1.03. The van der Waals surface area contributed by atoms with Crippen LogP contribution in [0.15, 0.2) is 36.9 Å². The van der Waals surface area contributed by atoms with E-state index in [4.69, 9.17) is 14.6 Å². The van der Waals surface area contributed by atoms with Gasteiger partial charge >= 0.3 is 5.97 Å². The van der Waals surface area contributed by atoms with E-state index in [1.165, 1.54) is 13.2 Å². The van der Waals surface area contributed by atoms with Crippen LogP contribution in [0.1, 0.15) is 17.5 Å². The monoisotopic (exact) mass is 292 g/mol. The molecule has 21 heavy (non-hydrogen) atoms. The highest BCUT2D eigenvalue weighted by atomic mass is 16.7. The van der Waals surface area contributed by atoms with Crippen LogP contribution in [0.25, 0.3) is 6.08 Å². The van der Waals surface area contributed by atoms with Crippen LogP contribution >= 0.6 is 0 Å². The van der Waals surface area contributed by atoms with Crippen molar-refractivity contribution < 1.29 is 24.5 Å². The molecule has 1 atom stereocenters. The molecule has 0 aliphatic heterocycles. The summed E-state index contributed by atoms with van der Waals surface area (Å²) in [6, 6.07) is 5.29. The molecular formula is C16H20O5. The molecule has 0 bridgehead atoms. The number of carboxylic acid groups (broad SMARTS) is 1. The average molecular weight is 292 g/mol. The van der Waals surface area contributed by atoms with Crippen LogP contribution in [0, 0.1) is 0 Å². The normalized spacial score (nSPS) is 12.3. The van der Waals surface area contributed by atoms with Gasteiger partial charge in [0.2, 0.25) is 0 Å². The number of rotatable bonds is 9. The highest BCUT2D eigenvalue weighted by Crippen LogP contribution is 2.26. The molecule has 114 valence electrons. The maximum Gasteiger partial charge on any atom is 0.328 e.